The highest BCUT2D eigenvalue weighted by molar-refractivity contribution is 5.88. The van der Waals surface area contributed by atoms with Gasteiger partial charge in [0.15, 0.2) is 0 Å². The molecule has 0 aromatic heterocycles. The van der Waals surface area contributed by atoms with E-state index < -0.39 is 5.54 Å². The second-order valence-electron chi connectivity index (χ2n) is 7.58. The van der Waals surface area contributed by atoms with E-state index in [2.05, 4.69) is 5.32 Å². The maximum Gasteiger partial charge on any atom is 0.240 e. The highest BCUT2D eigenvalue weighted by Crippen LogP contribution is 2.49. The monoisotopic (exact) mass is 362 g/mol. The first-order valence-corrected chi connectivity index (χ1v) is 9.22. The Morgan fingerprint density at radius 1 is 1.21 bits per heavy atom. The van der Waals surface area contributed by atoms with Gasteiger partial charge in [-0.15, -0.1) is 12.4 Å². The smallest absolute Gasteiger partial charge is 0.240 e. The summed E-state index contributed by atoms with van der Waals surface area (Å²) in [7, 11) is 0. The first-order chi connectivity index (χ1) is 10.9. The third-order valence-electron chi connectivity index (χ3n) is 5.75. The van der Waals surface area contributed by atoms with Crippen LogP contribution in [0, 0.1) is 5.41 Å². The molecule has 5 nitrogen and oxygen atoms in total. The standard InChI is InChI=1S/C18H34N2O3.ClH/c1-4-22-15-13-18(19,17(15,2)3)16(21)20-11-8-12-23-14-9-6-5-7-10-14;/h14-15H,4-13,19H2,1-3H3,(H,20,21);1H. The zero-order chi connectivity index (χ0) is 16.9. The SMILES string of the molecule is CCOC1CC(N)(C(=O)NCCCOC2CCCCC2)C1(C)C.Cl. The van der Waals surface area contributed by atoms with Gasteiger partial charge in [0.05, 0.1) is 12.2 Å². The lowest BCUT2D eigenvalue weighted by atomic mass is 9.54. The summed E-state index contributed by atoms with van der Waals surface area (Å²) >= 11 is 0. The number of amides is 1. The summed E-state index contributed by atoms with van der Waals surface area (Å²) in [5.41, 5.74) is 5.20. The van der Waals surface area contributed by atoms with Crippen LogP contribution in [0.5, 0.6) is 0 Å². The van der Waals surface area contributed by atoms with Crippen LogP contribution in [0.25, 0.3) is 0 Å². The molecule has 0 aliphatic heterocycles. The number of hydrogen-bond acceptors (Lipinski definition) is 4. The molecule has 1 amide bonds. The normalized spacial score (nSPS) is 29.4. The van der Waals surface area contributed by atoms with Crippen LogP contribution in [0.1, 0.15) is 65.7 Å². The minimum absolute atomic E-state index is 0. The van der Waals surface area contributed by atoms with Crippen molar-refractivity contribution in [2.45, 2.75) is 83.5 Å². The van der Waals surface area contributed by atoms with E-state index in [1.54, 1.807) is 0 Å². The van der Waals surface area contributed by atoms with Crippen molar-refractivity contribution in [3.63, 3.8) is 0 Å². The minimum atomic E-state index is -0.822. The van der Waals surface area contributed by atoms with Crippen LogP contribution in [-0.4, -0.2) is 43.4 Å². The maximum atomic E-state index is 12.4. The van der Waals surface area contributed by atoms with E-state index in [-0.39, 0.29) is 29.8 Å². The van der Waals surface area contributed by atoms with E-state index in [1.165, 1.54) is 32.1 Å². The van der Waals surface area contributed by atoms with Gasteiger partial charge < -0.3 is 20.5 Å². The molecule has 2 saturated carbocycles. The summed E-state index contributed by atoms with van der Waals surface area (Å²) < 4.78 is 11.5. The molecule has 0 aromatic rings. The minimum Gasteiger partial charge on any atom is -0.378 e. The van der Waals surface area contributed by atoms with Gasteiger partial charge in [-0.25, -0.2) is 0 Å². The molecule has 0 bridgehead atoms. The Kier molecular flexibility index (Phi) is 8.46. The maximum absolute atomic E-state index is 12.4. The zero-order valence-electron chi connectivity index (χ0n) is 15.4. The first-order valence-electron chi connectivity index (χ1n) is 9.22. The molecule has 0 heterocycles. The number of ether oxygens (including phenoxy) is 2. The van der Waals surface area contributed by atoms with Crippen molar-refractivity contribution >= 4 is 18.3 Å². The molecule has 6 heteroatoms. The molecule has 3 N–H and O–H groups in total. The predicted molar refractivity (Wildman–Crippen MR) is 98.4 cm³/mol. The molecule has 0 aromatic carbocycles. The Morgan fingerprint density at radius 3 is 2.46 bits per heavy atom. The predicted octanol–water partition coefficient (Wildman–Crippen LogP) is 2.80. The van der Waals surface area contributed by atoms with Gasteiger partial charge in [0.25, 0.3) is 0 Å². The van der Waals surface area contributed by atoms with Crippen LogP contribution in [-0.2, 0) is 14.3 Å². The number of nitrogens with two attached hydrogens (primary N) is 1. The number of hydrogen-bond donors (Lipinski definition) is 2. The van der Waals surface area contributed by atoms with Crippen molar-refractivity contribution in [3.8, 4) is 0 Å². The lowest BCUT2D eigenvalue weighted by molar-refractivity contribution is -0.170. The molecule has 2 aliphatic carbocycles. The van der Waals surface area contributed by atoms with Crippen LogP contribution < -0.4 is 11.1 Å². The van der Waals surface area contributed by atoms with Crippen molar-refractivity contribution < 1.29 is 14.3 Å². The van der Waals surface area contributed by atoms with Crippen LogP contribution >= 0.6 is 12.4 Å². The summed E-state index contributed by atoms with van der Waals surface area (Å²) in [4.78, 5) is 12.4. The van der Waals surface area contributed by atoms with Gasteiger partial charge >= 0.3 is 0 Å². The molecule has 2 rings (SSSR count). The van der Waals surface area contributed by atoms with E-state index in [0.29, 0.717) is 32.3 Å². The highest BCUT2D eigenvalue weighted by atomic mass is 35.5. The van der Waals surface area contributed by atoms with Crippen LogP contribution in [0.2, 0.25) is 0 Å². The fourth-order valence-electron chi connectivity index (χ4n) is 3.73. The van der Waals surface area contributed by atoms with Gasteiger partial charge in [-0.05, 0) is 26.2 Å². The molecular weight excluding hydrogens is 328 g/mol. The van der Waals surface area contributed by atoms with Crippen molar-refractivity contribution in [1.82, 2.24) is 5.32 Å². The van der Waals surface area contributed by atoms with E-state index >= 15 is 0 Å². The lowest BCUT2D eigenvalue weighted by Crippen LogP contribution is -2.75. The van der Waals surface area contributed by atoms with Crippen LogP contribution in [0.4, 0.5) is 0 Å². The van der Waals surface area contributed by atoms with Crippen molar-refractivity contribution in [2.24, 2.45) is 11.1 Å². The average molecular weight is 363 g/mol. The van der Waals surface area contributed by atoms with E-state index in [9.17, 15) is 4.79 Å². The summed E-state index contributed by atoms with van der Waals surface area (Å²) in [5, 5.41) is 2.98. The number of rotatable bonds is 8. The van der Waals surface area contributed by atoms with Gasteiger partial charge in [0.2, 0.25) is 5.91 Å². The van der Waals surface area contributed by atoms with Crippen molar-refractivity contribution in [1.29, 1.82) is 0 Å². The Labute approximate surface area is 152 Å². The fraction of sp³-hybridized carbons (Fsp3) is 0.944. The van der Waals surface area contributed by atoms with E-state index in [0.717, 1.165) is 6.42 Å². The molecule has 2 fully saturated rings. The molecule has 2 aliphatic rings. The van der Waals surface area contributed by atoms with Gasteiger partial charge in [-0.1, -0.05) is 33.1 Å². The summed E-state index contributed by atoms with van der Waals surface area (Å²) in [6.07, 6.45) is 8.21. The summed E-state index contributed by atoms with van der Waals surface area (Å²) in [6, 6.07) is 0. The fourth-order valence-corrected chi connectivity index (χ4v) is 3.73. The molecule has 2 atom stereocenters. The largest absolute Gasteiger partial charge is 0.378 e. The molecule has 0 spiro atoms. The quantitative estimate of drug-likeness (QED) is 0.651. The Balaban J connectivity index is 0.00000288. The van der Waals surface area contributed by atoms with Crippen LogP contribution in [0.3, 0.4) is 0 Å². The number of halogens is 1. The summed E-state index contributed by atoms with van der Waals surface area (Å²) in [6.45, 7) is 8.00. The second-order valence-corrected chi connectivity index (χ2v) is 7.58. The highest BCUT2D eigenvalue weighted by Gasteiger charge is 2.62. The van der Waals surface area contributed by atoms with E-state index in [1.807, 2.05) is 20.8 Å². The topological polar surface area (TPSA) is 73.6 Å². The van der Waals surface area contributed by atoms with Crippen molar-refractivity contribution in [3.05, 3.63) is 0 Å². The molecule has 142 valence electrons. The zero-order valence-corrected chi connectivity index (χ0v) is 16.3. The number of nitrogens with one attached hydrogen (secondary N) is 1. The van der Waals surface area contributed by atoms with Gasteiger partial charge in [-0.3, -0.25) is 4.79 Å². The Hall–Kier alpha value is -0.360. The van der Waals surface area contributed by atoms with Gasteiger partial charge in [0.1, 0.15) is 5.54 Å². The Morgan fingerprint density at radius 2 is 1.88 bits per heavy atom. The van der Waals surface area contributed by atoms with Crippen LogP contribution in [0.15, 0.2) is 0 Å². The average Bonchev–Trinajstić information content (AvgIpc) is 2.55. The molecular formula is C18H35ClN2O3. The third kappa shape index (κ3) is 4.63. The number of carbonyl (C=O) groups excluding carboxylic acids is 1. The van der Waals surface area contributed by atoms with Gasteiger partial charge in [0, 0.05) is 31.6 Å². The third-order valence-corrected chi connectivity index (χ3v) is 5.75. The van der Waals surface area contributed by atoms with E-state index in [4.69, 9.17) is 15.2 Å². The second kappa shape index (κ2) is 9.37. The lowest BCUT2D eigenvalue weighted by Gasteiger charge is -2.57. The Bertz CT molecular complexity index is 400. The van der Waals surface area contributed by atoms with Gasteiger partial charge in [-0.2, -0.15) is 0 Å². The first kappa shape index (κ1) is 21.7. The molecule has 0 saturated heterocycles. The summed E-state index contributed by atoms with van der Waals surface area (Å²) in [5.74, 6) is -0.0591. The molecule has 0 radical (unpaired) electrons. The molecule has 2 unspecified atom stereocenters. The number of carbonyl (C=O) groups is 1. The molecule has 24 heavy (non-hydrogen) atoms. The van der Waals surface area contributed by atoms with Crippen molar-refractivity contribution in [2.75, 3.05) is 19.8 Å².